The predicted octanol–water partition coefficient (Wildman–Crippen LogP) is 3.31. The Morgan fingerprint density at radius 2 is 2.00 bits per heavy atom. The van der Waals surface area contributed by atoms with Gasteiger partial charge in [0.15, 0.2) is 0 Å². The number of halogens is 2. The SMILES string of the molecule is C=C(C(=O)O)c1cccc(Br)c1Br. The van der Waals surface area contributed by atoms with Crippen molar-refractivity contribution in [1.29, 1.82) is 0 Å². The van der Waals surface area contributed by atoms with Gasteiger partial charge in [-0.15, -0.1) is 0 Å². The van der Waals surface area contributed by atoms with E-state index in [2.05, 4.69) is 38.4 Å². The lowest BCUT2D eigenvalue weighted by atomic mass is 10.1. The summed E-state index contributed by atoms with van der Waals surface area (Å²) in [5, 5.41) is 8.72. The number of carboxylic acids is 1. The van der Waals surface area contributed by atoms with Gasteiger partial charge in [0.2, 0.25) is 0 Å². The minimum atomic E-state index is -1.01. The zero-order chi connectivity index (χ0) is 10.0. The Balaban J connectivity index is 3.23. The van der Waals surface area contributed by atoms with Crippen molar-refractivity contribution in [2.45, 2.75) is 0 Å². The molecule has 0 heterocycles. The number of carboxylic acid groups (broad SMARTS) is 1. The second-order valence-electron chi connectivity index (χ2n) is 2.39. The molecule has 68 valence electrons. The lowest BCUT2D eigenvalue weighted by Crippen LogP contribution is -1.98. The summed E-state index contributed by atoms with van der Waals surface area (Å²) < 4.78 is 1.52. The molecular formula is C9H6Br2O2. The standard InChI is InChI=1S/C9H6Br2O2/c1-5(9(12)13)6-3-2-4-7(10)8(6)11/h2-4H,1H2,(H,12,13). The average molecular weight is 306 g/mol. The van der Waals surface area contributed by atoms with Crippen molar-refractivity contribution in [2.24, 2.45) is 0 Å². The topological polar surface area (TPSA) is 37.3 Å². The van der Waals surface area contributed by atoms with E-state index in [0.29, 0.717) is 10.0 Å². The number of aliphatic carboxylic acids is 1. The first-order valence-electron chi connectivity index (χ1n) is 3.40. The van der Waals surface area contributed by atoms with E-state index in [0.717, 1.165) is 4.47 Å². The van der Waals surface area contributed by atoms with E-state index in [1.807, 2.05) is 6.07 Å². The molecule has 1 N–H and O–H groups in total. The Labute approximate surface area is 92.5 Å². The molecule has 0 aliphatic carbocycles. The molecular weight excluding hydrogens is 300 g/mol. The van der Waals surface area contributed by atoms with Crippen LogP contribution in [0.15, 0.2) is 33.7 Å². The van der Waals surface area contributed by atoms with Crippen molar-refractivity contribution in [2.75, 3.05) is 0 Å². The predicted molar refractivity (Wildman–Crippen MR) is 58.5 cm³/mol. The largest absolute Gasteiger partial charge is 0.478 e. The molecule has 0 radical (unpaired) electrons. The van der Waals surface area contributed by atoms with Crippen molar-refractivity contribution in [1.82, 2.24) is 0 Å². The summed E-state index contributed by atoms with van der Waals surface area (Å²) >= 11 is 6.56. The number of rotatable bonds is 2. The zero-order valence-corrected chi connectivity index (χ0v) is 9.72. The molecule has 0 saturated carbocycles. The quantitative estimate of drug-likeness (QED) is 0.851. The maximum Gasteiger partial charge on any atom is 0.335 e. The van der Waals surface area contributed by atoms with Crippen LogP contribution >= 0.6 is 31.9 Å². The molecule has 4 heteroatoms. The van der Waals surface area contributed by atoms with Gasteiger partial charge >= 0.3 is 5.97 Å². The van der Waals surface area contributed by atoms with Gasteiger partial charge in [0, 0.05) is 14.5 Å². The average Bonchev–Trinajstić information content (AvgIpc) is 2.08. The van der Waals surface area contributed by atoms with E-state index in [4.69, 9.17) is 5.11 Å². The van der Waals surface area contributed by atoms with Gasteiger partial charge in [-0.3, -0.25) is 0 Å². The van der Waals surface area contributed by atoms with Gasteiger partial charge < -0.3 is 5.11 Å². The van der Waals surface area contributed by atoms with Crippen molar-refractivity contribution in [3.63, 3.8) is 0 Å². The molecule has 1 aromatic rings. The van der Waals surface area contributed by atoms with Gasteiger partial charge in [0.1, 0.15) is 0 Å². The minimum Gasteiger partial charge on any atom is -0.478 e. The Kier molecular flexibility index (Phi) is 3.27. The summed E-state index contributed by atoms with van der Waals surface area (Å²) in [6, 6.07) is 5.28. The van der Waals surface area contributed by atoms with Crippen LogP contribution in [0.5, 0.6) is 0 Å². The van der Waals surface area contributed by atoms with E-state index < -0.39 is 5.97 Å². The highest BCUT2D eigenvalue weighted by atomic mass is 79.9. The summed E-state index contributed by atoms with van der Waals surface area (Å²) in [4.78, 5) is 10.6. The molecule has 0 amide bonds. The fourth-order valence-electron chi connectivity index (χ4n) is 0.852. The van der Waals surface area contributed by atoms with Crippen LogP contribution in [0.1, 0.15) is 5.56 Å². The molecule has 0 aliphatic rings. The smallest absolute Gasteiger partial charge is 0.335 e. The number of hydrogen-bond donors (Lipinski definition) is 1. The van der Waals surface area contributed by atoms with Crippen LogP contribution in [0.4, 0.5) is 0 Å². The third-order valence-corrected chi connectivity index (χ3v) is 3.58. The Morgan fingerprint density at radius 1 is 1.38 bits per heavy atom. The number of hydrogen-bond acceptors (Lipinski definition) is 1. The van der Waals surface area contributed by atoms with Gasteiger partial charge in [-0.2, -0.15) is 0 Å². The van der Waals surface area contributed by atoms with Gasteiger partial charge in [0.25, 0.3) is 0 Å². The third-order valence-electron chi connectivity index (χ3n) is 1.53. The van der Waals surface area contributed by atoms with Crippen LogP contribution in [0.25, 0.3) is 5.57 Å². The highest BCUT2D eigenvalue weighted by Crippen LogP contribution is 2.30. The van der Waals surface area contributed by atoms with Crippen molar-refractivity contribution < 1.29 is 9.90 Å². The van der Waals surface area contributed by atoms with Crippen LogP contribution in [-0.2, 0) is 4.79 Å². The van der Waals surface area contributed by atoms with Crippen LogP contribution < -0.4 is 0 Å². The van der Waals surface area contributed by atoms with Crippen molar-refractivity contribution >= 4 is 43.4 Å². The second-order valence-corrected chi connectivity index (χ2v) is 4.03. The van der Waals surface area contributed by atoms with E-state index in [1.54, 1.807) is 12.1 Å². The molecule has 0 fully saturated rings. The maximum atomic E-state index is 10.6. The van der Waals surface area contributed by atoms with E-state index in [-0.39, 0.29) is 5.57 Å². The van der Waals surface area contributed by atoms with Crippen molar-refractivity contribution in [3.05, 3.63) is 39.3 Å². The molecule has 2 nitrogen and oxygen atoms in total. The summed E-state index contributed by atoms with van der Waals surface area (Å²) in [6.45, 7) is 3.48. The van der Waals surface area contributed by atoms with E-state index >= 15 is 0 Å². The lowest BCUT2D eigenvalue weighted by Gasteiger charge is -2.04. The Morgan fingerprint density at radius 3 is 2.54 bits per heavy atom. The number of carbonyl (C=O) groups is 1. The Hall–Kier alpha value is -0.610. The molecule has 0 saturated heterocycles. The summed E-state index contributed by atoms with van der Waals surface area (Å²) in [7, 11) is 0. The summed E-state index contributed by atoms with van der Waals surface area (Å²) in [5.41, 5.74) is 0.662. The normalized spacial score (nSPS) is 9.69. The highest BCUT2D eigenvalue weighted by Gasteiger charge is 2.11. The van der Waals surface area contributed by atoms with Gasteiger partial charge in [-0.1, -0.05) is 18.7 Å². The zero-order valence-electron chi connectivity index (χ0n) is 6.55. The van der Waals surface area contributed by atoms with Crippen LogP contribution in [0.2, 0.25) is 0 Å². The minimum absolute atomic E-state index is 0.0770. The molecule has 1 aromatic carbocycles. The highest BCUT2D eigenvalue weighted by molar-refractivity contribution is 9.13. The molecule has 0 unspecified atom stereocenters. The molecule has 0 atom stereocenters. The third kappa shape index (κ3) is 2.19. The lowest BCUT2D eigenvalue weighted by molar-refractivity contribution is -0.130. The molecule has 1 rings (SSSR count). The Bertz CT molecular complexity index is 372. The molecule has 13 heavy (non-hydrogen) atoms. The van der Waals surface area contributed by atoms with Crippen LogP contribution in [0, 0.1) is 0 Å². The van der Waals surface area contributed by atoms with E-state index in [1.165, 1.54) is 0 Å². The maximum absolute atomic E-state index is 10.6. The first-order valence-corrected chi connectivity index (χ1v) is 4.99. The second kappa shape index (κ2) is 4.07. The molecule has 0 spiro atoms. The number of benzene rings is 1. The fourth-order valence-corrected chi connectivity index (χ4v) is 1.72. The summed E-state index contributed by atoms with van der Waals surface area (Å²) in [5.74, 6) is -1.01. The monoisotopic (exact) mass is 304 g/mol. The van der Waals surface area contributed by atoms with Gasteiger partial charge in [-0.25, -0.2) is 4.79 Å². The van der Waals surface area contributed by atoms with Crippen LogP contribution in [0.3, 0.4) is 0 Å². The molecule has 0 aliphatic heterocycles. The molecule has 0 bridgehead atoms. The summed E-state index contributed by atoms with van der Waals surface area (Å²) in [6.07, 6.45) is 0. The first kappa shape index (κ1) is 10.5. The van der Waals surface area contributed by atoms with Crippen molar-refractivity contribution in [3.8, 4) is 0 Å². The fraction of sp³-hybridized carbons (Fsp3) is 0. The van der Waals surface area contributed by atoms with Crippen LogP contribution in [-0.4, -0.2) is 11.1 Å². The first-order chi connectivity index (χ1) is 6.04. The van der Waals surface area contributed by atoms with Gasteiger partial charge in [0.05, 0.1) is 5.57 Å². The van der Waals surface area contributed by atoms with E-state index in [9.17, 15) is 4.79 Å². The molecule has 0 aromatic heterocycles. The van der Waals surface area contributed by atoms with Gasteiger partial charge in [-0.05, 0) is 37.9 Å².